The van der Waals surface area contributed by atoms with Gasteiger partial charge in [-0.15, -0.1) is 0 Å². The Morgan fingerprint density at radius 3 is 2.27 bits per heavy atom. The van der Waals surface area contributed by atoms with Crippen LogP contribution in [-0.2, 0) is 14.3 Å². The number of ether oxygens (including phenoxy) is 1. The van der Waals surface area contributed by atoms with Gasteiger partial charge in [-0.2, -0.15) is 13.2 Å². The monoisotopic (exact) mass is 320 g/mol. The predicted molar refractivity (Wildman–Crippen MR) is 70.9 cm³/mol. The summed E-state index contributed by atoms with van der Waals surface area (Å²) in [5.41, 5.74) is -0.319. The SMILES string of the molecule is CC1(C)C2CCC1(C)C(OC(=O)C(O)=CC(=O)C(F)(F)F)C2. The van der Waals surface area contributed by atoms with Crippen LogP contribution < -0.4 is 0 Å². The lowest BCUT2D eigenvalue weighted by Gasteiger charge is -2.38. The Morgan fingerprint density at radius 1 is 1.27 bits per heavy atom. The smallest absolute Gasteiger partial charge is 0.454 e. The number of esters is 1. The highest BCUT2D eigenvalue weighted by molar-refractivity contribution is 6.00. The maximum absolute atomic E-state index is 12.1. The fraction of sp³-hybridized carbons (Fsp3) is 0.733. The number of ketones is 1. The molecule has 1 N–H and O–H groups in total. The van der Waals surface area contributed by atoms with Gasteiger partial charge in [0.1, 0.15) is 6.10 Å². The fourth-order valence-corrected chi connectivity index (χ4v) is 3.76. The van der Waals surface area contributed by atoms with Crippen LogP contribution in [0.15, 0.2) is 11.8 Å². The molecule has 0 aliphatic heterocycles. The van der Waals surface area contributed by atoms with Crippen LogP contribution in [0.3, 0.4) is 0 Å². The van der Waals surface area contributed by atoms with Crippen molar-refractivity contribution in [2.45, 2.75) is 52.3 Å². The Balaban J connectivity index is 2.08. The van der Waals surface area contributed by atoms with Gasteiger partial charge in [-0.05, 0) is 30.6 Å². The number of rotatable bonds is 3. The molecule has 3 unspecified atom stereocenters. The Bertz CT molecular complexity index is 535. The molecule has 0 aromatic heterocycles. The van der Waals surface area contributed by atoms with E-state index in [1.54, 1.807) is 0 Å². The molecule has 2 bridgehead atoms. The predicted octanol–water partition coefficient (Wildman–Crippen LogP) is 3.32. The zero-order chi connectivity index (χ0) is 16.9. The lowest BCUT2D eigenvalue weighted by atomic mass is 9.70. The van der Waals surface area contributed by atoms with Gasteiger partial charge in [0.05, 0.1) is 0 Å². The fourth-order valence-electron chi connectivity index (χ4n) is 3.76. The number of alkyl halides is 3. The molecule has 124 valence electrons. The summed E-state index contributed by atoms with van der Waals surface area (Å²) >= 11 is 0. The van der Waals surface area contributed by atoms with Gasteiger partial charge in [0.15, 0.2) is 0 Å². The van der Waals surface area contributed by atoms with E-state index in [9.17, 15) is 27.9 Å². The molecule has 0 amide bonds. The van der Waals surface area contributed by atoms with Gasteiger partial charge in [0, 0.05) is 11.5 Å². The van der Waals surface area contributed by atoms with Crippen molar-refractivity contribution in [2.24, 2.45) is 16.7 Å². The Kier molecular flexibility index (Phi) is 3.82. The van der Waals surface area contributed by atoms with Crippen molar-refractivity contribution in [1.29, 1.82) is 0 Å². The summed E-state index contributed by atoms with van der Waals surface area (Å²) in [6.07, 6.45) is -3.24. The van der Waals surface area contributed by atoms with Gasteiger partial charge in [-0.3, -0.25) is 4.79 Å². The summed E-state index contributed by atoms with van der Waals surface area (Å²) in [7, 11) is 0. The summed E-state index contributed by atoms with van der Waals surface area (Å²) in [6, 6.07) is 0. The van der Waals surface area contributed by atoms with E-state index in [0.717, 1.165) is 12.8 Å². The first kappa shape index (κ1) is 16.8. The van der Waals surface area contributed by atoms with Gasteiger partial charge in [0.2, 0.25) is 5.76 Å². The molecule has 2 aliphatic rings. The van der Waals surface area contributed by atoms with Gasteiger partial charge in [0.25, 0.3) is 5.78 Å². The third-order valence-corrected chi connectivity index (χ3v) is 5.72. The van der Waals surface area contributed by atoms with Crippen LogP contribution in [0.4, 0.5) is 13.2 Å². The number of fused-ring (bicyclic) bond motifs is 2. The van der Waals surface area contributed by atoms with E-state index in [1.165, 1.54) is 0 Å². The summed E-state index contributed by atoms with van der Waals surface area (Å²) in [5, 5.41) is 9.36. The quantitative estimate of drug-likeness (QED) is 0.492. The summed E-state index contributed by atoms with van der Waals surface area (Å²) in [6.45, 7) is 6.16. The standard InChI is InChI=1S/C15H19F3O4/c1-13(2)8-4-5-14(13,3)11(6-8)22-12(21)9(19)7-10(20)15(16,17)18/h7-8,11,19H,4-6H2,1-3H3. The first-order chi connectivity index (χ1) is 9.89. The first-order valence-corrected chi connectivity index (χ1v) is 7.12. The number of carbonyl (C=O) groups excluding carboxylic acids is 2. The van der Waals surface area contributed by atoms with E-state index in [4.69, 9.17) is 4.74 Å². The molecule has 2 aliphatic carbocycles. The molecule has 4 nitrogen and oxygen atoms in total. The summed E-state index contributed by atoms with van der Waals surface area (Å²) < 4.78 is 41.5. The number of aliphatic hydroxyl groups excluding tert-OH is 1. The molecular formula is C15H19F3O4. The Labute approximate surface area is 126 Å². The average molecular weight is 320 g/mol. The highest BCUT2D eigenvalue weighted by Gasteiger charge is 2.63. The zero-order valence-electron chi connectivity index (χ0n) is 12.7. The first-order valence-electron chi connectivity index (χ1n) is 7.12. The van der Waals surface area contributed by atoms with Crippen molar-refractivity contribution in [3.05, 3.63) is 11.8 Å². The van der Waals surface area contributed by atoms with Crippen LogP contribution in [0.2, 0.25) is 0 Å². The highest BCUT2D eigenvalue weighted by atomic mass is 19.4. The number of allylic oxidation sites excluding steroid dienone is 1. The van der Waals surface area contributed by atoms with E-state index in [2.05, 4.69) is 13.8 Å². The van der Waals surface area contributed by atoms with Crippen LogP contribution in [0.1, 0.15) is 40.0 Å². The lowest BCUT2D eigenvalue weighted by Crippen LogP contribution is -2.38. The van der Waals surface area contributed by atoms with Crippen molar-refractivity contribution >= 4 is 11.8 Å². The van der Waals surface area contributed by atoms with Gasteiger partial charge in [-0.1, -0.05) is 20.8 Å². The largest absolute Gasteiger partial charge is 0.502 e. The Hall–Kier alpha value is -1.53. The minimum atomic E-state index is -5.13. The molecule has 0 radical (unpaired) electrons. The van der Waals surface area contributed by atoms with E-state index in [1.807, 2.05) is 6.92 Å². The molecule has 0 aromatic rings. The molecule has 0 aromatic carbocycles. The number of hydrogen-bond donors (Lipinski definition) is 1. The van der Waals surface area contributed by atoms with Gasteiger partial charge in [-0.25, -0.2) is 4.79 Å². The molecule has 0 heterocycles. The Morgan fingerprint density at radius 2 is 1.86 bits per heavy atom. The van der Waals surface area contributed by atoms with E-state index in [0.29, 0.717) is 12.3 Å². The molecule has 0 spiro atoms. The van der Waals surface area contributed by atoms with Crippen LogP contribution in [0.25, 0.3) is 0 Å². The molecule has 2 rings (SSSR count). The second-order valence-electron chi connectivity index (χ2n) is 6.90. The molecule has 3 atom stereocenters. The van der Waals surface area contributed by atoms with Crippen molar-refractivity contribution in [3.63, 3.8) is 0 Å². The van der Waals surface area contributed by atoms with E-state index in [-0.39, 0.29) is 16.9 Å². The van der Waals surface area contributed by atoms with Crippen molar-refractivity contribution in [2.75, 3.05) is 0 Å². The third-order valence-electron chi connectivity index (χ3n) is 5.72. The van der Waals surface area contributed by atoms with Crippen molar-refractivity contribution < 1.29 is 32.6 Å². The molecule has 2 saturated carbocycles. The number of carbonyl (C=O) groups is 2. The van der Waals surface area contributed by atoms with Crippen molar-refractivity contribution in [1.82, 2.24) is 0 Å². The maximum Gasteiger partial charge on any atom is 0.454 e. The third kappa shape index (κ3) is 2.50. The summed E-state index contributed by atoms with van der Waals surface area (Å²) in [4.78, 5) is 22.5. The number of hydrogen-bond acceptors (Lipinski definition) is 4. The molecule has 0 saturated heterocycles. The van der Waals surface area contributed by atoms with E-state index >= 15 is 0 Å². The zero-order valence-corrected chi connectivity index (χ0v) is 12.7. The topological polar surface area (TPSA) is 63.6 Å². The van der Waals surface area contributed by atoms with Crippen LogP contribution >= 0.6 is 0 Å². The average Bonchev–Trinajstić information content (AvgIpc) is 2.70. The lowest BCUT2D eigenvalue weighted by molar-refractivity contribution is -0.166. The van der Waals surface area contributed by atoms with Crippen LogP contribution in [0, 0.1) is 16.7 Å². The molecule has 22 heavy (non-hydrogen) atoms. The molecular weight excluding hydrogens is 301 g/mol. The second kappa shape index (κ2) is 4.99. The van der Waals surface area contributed by atoms with Gasteiger partial charge < -0.3 is 9.84 Å². The van der Waals surface area contributed by atoms with Crippen molar-refractivity contribution in [3.8, 4) is 0 Å². The normalized spacial score (nSPS) is 33.8. The van der Waals surface area contributed by atoms with Crippen LogP contribution in [0.5, 0.6) is 0 Å². The van der Waals surface area contributed by atoms with E-state index < -0.39 is 29.8 Å². The second-order valence-corrected chi connectivity index (χ2v) is 6.90. The van der Waals surface area contributed by atoms with Crippen LogP contribution in [-0.4, -0.2) is 29.1 Å². The highest BCUT2D eigenvalue weighted by Crippen LogP contribution is 2.66. The minimum Gasteiger partial charge on any atom is -0.502 e. The van der Waals surface area contributed by atoms with Gasteiger partial charge >= 0.3 is 12.1 Å². The number of aliphatic hydroxyl groups is 1. The molecule has 2 fully saturated rings. The maximum atomic E-state index is 12.1. The minimum absolute atomic E-state index is 0.0426. The molecule has 7 heteroatoms. The number of halogens is 3. The summed E-state index contributed by atoms with van der Waals surface area (Å²) in [5.74, 6) is -4.52.